The second-order valence-electron chi connectivity index (χ2n) is 11.7. The fourth-order valence-corrected chi connectivity index (χ4v) is 5.43. The lowest BCUT2D eigenvalue weighted by Gasteiger charge is -2.31. The number of likely N-dealkylation sites (N-methyl/N-ethyl adjacent to an activating group) is 1. The molecular weight excluding hydrogens is 575 g/mol. The van der Waals surface area contributed by atoms with Crippen molar-refractivity contribution in [3.05, 3.63) is 87.5 Å². The van der Waals surface area contributed by atoms with Gasteiger partial charge in [-0.1, -0.05) is 97.4 Å². The second kappa shape index (κ2) is 22.8. The highest BCUT2D eigenvalue weighted by Crippen LogP contribution is 2.25. The fraction of sp³-hybridized carbons (Fsp3) is 0.579. The van der Waals surface area contributed by atoms with Crippen LogP contribution in [0.2, 0.25) is 0 Å². The van der Waals surface area contributed by atoms with Crippen molar-refractivity contribution in [2.75, 3.05) is 45.2 Å². The Hall–Kier alpha value is -2.61. The number of rotatable bonds is 11. The Morgan fingerprint density at radius 1 is 0.911 bits per heavy atom. The van der Waals surface area contributed by atoms with E-state index in [-0.39, 0.29) is 5.56 Å². The van der Waals surface area contributed by atoms with Crippen LogP contribution in [-0.2, 0) is 12.8 Å². The first-order chi connectivity index (χ1) is 21.7. The number of benzene rings is 2. The van der Waals surface area contributed by atoms with E-state index < -0.39 is 0 Å². The predicted octanol–water partition coefficient (Wildman–Crippen LogP) is 8.88. The molecular formula is C38H63N5OS. The second-order valence-corrected chi connectivity index (χ2v) is 12.9. The maximum atomic E-state index is 12.7. The first-order valence-electron chi connectivity index (χ1n) is 17.2. The minimum absolute atomic E-state index is 0.0550. The van der Waals surface area contributed by atoms with E-state index in [0.717, 1.165) is 62.7 Å². The fourth-order valence-electron chi connectivity index (χ4n) is 4.53. The molecule has 6 nitrogen and oxygen atoms in total. The van der Waals surface area contributed by atoms with Gasteiger partial charge in [0.05, 0.1) is 5.56 Å². The highest BCUT2D eigenvalue weighted by molar-refractivity contribution is 7.97. The summed E-state index contributed by atoms with van der Waals surface area (Å²) >= 11 is 1.83. The summed E-state index contributed by atoms with van der Waals surface area (Å²) in [4.78, 5) is 26.4. The minimum Gasteiger partial charge on any atom is -0.357 e. The summed E-state index contributed by atoms with van der Waals surface area (Å²) in [6, 6.07) is 19.5. The predicted molar refractivity (Wildman–Crippen MR) is 199 cm³/mol. The highest BCUT2D eigenvalue weighted by Gasteiger charge is 2.18. The molecule has 1 atom stereocenters. The third-order valence-electron chi connectivity index (χ3n) is 7.91. The van der Waals surface area contributed by atoms with Gasteiger partial charge in [0.25, 0.3) is 5.56 Å². The normalized spacial score (nSPS) is 13.9. The number of H-pyrrole nitrogens is 1. The Morgan fingerprint density at radius 3 is 2.04 bits per heavy atom. The number of aromatic nitrogens is 2. The van der Waals surface area contributed by atoms with Crippen molar-refractivity contribution in [3.63, 3.8) is 0 Å². The van der Waals surface area contributed by atoms with Gasteiger partial charge < -0.3 is 14.8 Å². The van der Waals surface area contributed by atoms with Crippen molar-refractivity contribution in [1.29, 1.82) is 0 Å². The standard InChI is InChI=1S/C29H39N5OS.C5H12.2C2H6/c1-22(9-8-12-24-10-6-5-7-11-24)33(4)28-23(2)29(35)31-27(30-28)21-25-13-15-26(16-14-25)36-34-19-17-32(3)18-20-34;1-4-5(2)3;2*1-2/h5-7,10-11,13-16,22H,8-9,12,17-21H2,1-4H3,(H,30,31,35);5H,4H2,1-3H3;2*1-2H3. The van der Waals surface area contributed by atoms with Gasteiger partial charge in [-0.15, -0.1) is 0 Å². The average Bonchev–Trinajstić information content (AvgIpc) is 3.07. The molecule has 0 saturated carbocycles. The lowest BCUT2D eigenvalue weighted by molar-refractivity contribution is 0.233. The van der Waals surface area contributed by atoms with Gasteiger partial charge in [0.1, 0.15) is 11.6 Å². The number of anilines is 1. The third kappa shape index (κ3) is 15.0. The minimum atomic E-state index is -0.0550. The molecule has 1 fully saturated rings. The van der Waals surface area contributed by atoms with Crippen LogP contribution in [0.15, 0.2) is 64.3 Å². The number of nitrogens with one attached hydrogen (secondary N) is 1. The molecule has 1 aliphatic heterocycles. The molecule has 1 unspecified atom stereocenters. The molecule has 2 aromatic carbocycles. The van der Waals surface area contributed by atoms with E-state index in [1.165, 1.54) is 16.9 Å². The molecule has 7 heteroatoms. The Labute approximate surface area is 280 Å². The SMILES string of the molecule is CC.CC.CCC(C)C.Cc1c(N(C)C(C)CCCc2ccccc2)nc(Cc2ccc(SN3CCN(C)CC3)cc2)[nH]c1=O. The van der Waals surface area contributed by atoms with Crippen LogP contribution >= 0.6 is 11.9 Å². The molecule has 1 aromatic heterocycles. The van der Waals surface area contributed by atoms with Crippen molar-refractivity contribution >= 4 is 17.8 Å². The third-order valence-corrected chi connectivity index (χ3v) is 9.01. The molecule has 252 valence electrons. The van der Waals surface area contributed by atoms with Crippen LogP contribution in [0.1, 0.15) is 97.2 Å². The topological polar surface area (TPSA) is 55.5 Å². The Kier molecular flexibility index (Phi) is 20.5. The summed E-state index contributed by atoms with van der Waals surface area (Å²) in [5.41, 5.74) is 3.14. The van der Waals surface area contributed by atoms with E-state index in [0.29, 0.717) is 23.9 Å². The van der Waals surface area contributed by atoms with Gasteiger partial charge in [-0.05, 0) is 81.3 Å². The van der Waals surface area contributed by atoms with Crippen molar-refractivity contribution in [2.45, 2.75) is 105 Å². The molecule has 3 aromatic rings. The molecule has 0 spiro atoms. The number of hydrogen-bond acceptors (Lipinski definition) is 6. The molecule has 45 heavy (non-hydrogen) atoms. The monoisotopic (exact) mass is 637 g/mol. The molecule has 4 rings (SSSR count). The summed E-state index contributed by atoms with van der Waals surface area (Å²) < 4.78 is 2.43. The first kappa shape index (κ1) is 40.4. The maximum Gasteiger partial charge on any atom is 0.255 e. The Morgan fingerprint density at radius 2 is 1.49 bits per heavy atom. The Bertz CT molecular complexity index is 1220. The summed E-state index contributed by atoms with van der Waals surface area (Å²) in [6.45, 7) is 23.1. The van der Waals surface area contributed by atoms with E-state index in [1.807, 2.05) is 46.6 Å². The van der Waals surface area contributed by atoms with E-state index >= 15 is 0 Å². The van der Waals surface area contributed by atoms with E-state index in [1.54, 1.807) is 0 Å². The van der Waals surface area contributed by atoms with Crippen LogP contribution in [0, 0.1) is 12.8 Å². The molecule has 1 aliphatic rings. The number of aryl methyl sites for hydroxylation is 1. The number of piperazine rings is 1. The summed E-state index contributed by atoms with van der Waals surface area (Å²) in [6.07, 6.45) is 5.12. The van der Waals surface area contributed by atoms with E-state index in [4.69, 9.17) is 4.98 Å². The zero-order valence-electron chi connectivity index (χ0n) is 30.3. The van der Waals surface area contributed by atoms with Crippen molar-refractivity contribution in [3.8, 4) is 0 Å². The van der Waals surface area contributed by atoms with Gasteiger partial charge in [-0.25, -0.2) is 9.29 Å². The van der Waals surface area contributed by atoms with Crippen LogP contribution in [0.4, 0.5) is 5.82 Å². The van der Waals surface area contributed by atoms with Gasteiger partial charge in [-0.3, -0.25) is 4.79 Å². The molecule has 0 radical (unpaired) electrons. The van der Waals surface area contributed by atoms with Crippen molar-refractivity contribution in [2.24, 2.45) is 5.92 Å². The van der Waals surface area contributed by atoms with Crippen LogP contribution in [0.5, 0.6) is 0 Å². The maximum absolute atomic E-state index is 12.7. The molecule has 1 N–H and O–H groups in total. The lowest BCUT2D eigenvalue weighted by atomic mass is 10.0. The summed E-state index contributed by atoms with van der Waals surface area (Å²) in [5.74, 6) is 2.38. The van der Waals surface area contributed by atoms with Crippen LogP contribution in [-0.4, -0.2) is 65.5 Å². The van der Waals surface area contributed by atoms with Crippen LogP contribution in [0.25, 0.3) is 0 Å². The smallest absolute Gasteiger partial charge is 0.255 e. The van der Waals surface area contributed by atoms with E-state index in [2.05, 4.69) is 115 Å². The first-order valence-corrected chi connectivity index (χ1v) is 18.0. The zero-order valence-corrected chi connectivity index (χ0v) is 31.1. The van der Waals surface area contributed by atoms with Gasteiger partial charge in [0.2, 0.25) is 0 Å². The lowest BCUT2D eigenvalue weighted by Crippen LogP contribution is -2.40. The van der Waals surface area contributed by atoms with Gasteiger partial charge >= 0.3 is 0 Å². The quantitative estimate of drug-likeness (QED) is 0.212. The number of nitrogens with zero attached hydrogens (tertiary/aromatic N) is 4. The highest BCUT2D eigenvalue weighted by atomic mass is 32.2. The van der Waals surface area contributed by atoms with Crippen molar-refractivity contribution < 1.29 is 0 Å². The molecule has 0 amide bonds. The molecule has 1 saturated heterocycles. The molecule has 2 heterocycles. The number of aromatic amines is 1. The van der Waals surface area contributed by atoms with Gasteiger partial charge in [0, 0.05) is 50.6 Å². The zero-order chi connectivity index (χ0) is 33.8. The van der Waals surface area contributed by atoms with Crippen LogP contribution < -0.4 is 10.5 Å². The average molecular weight is 638 g/mol. The van der Waals surface area contributed by atoms with E-state index in [9.17, 15) is 4.79 Å². The largest absolute Gasteiger partial charge is 0.357 e. The van der Waals surface area contributed by atoms with Gasteiger partial charge in [0.15, 0.2) is 0 Å². The summed E-state index contributed by atoms with van der Waals surface area (Å²) in [7, 11) is 4.23. The van der Waals surface area contributed by atoms with Crippen LogP contribution in [0.3, 0.4) is 0 Å². The van der Waals surface area contributed by atoms with Gasteiger partial charge in [-0.2, -0.15) is 0 Å². The molecule has 0 aliphatic carbocycles. The molecule has 0 bridgehead atoms. The Balaban J connectivity index is 0.00000101. The number of hydrogen-bond donors (Lipinski definition) is 1. The van der Waals surface area contributed by atoms with Crippen molar-refractivity contribution in [1.82, 2.24) is 19.2 Å². The summed E-state index contributed by atoms with van der Waals surface area (Å²) in [5, 5.41) is 0.